The molecule has 0 aliphatic carbocycles. The molecule has 31 heavy (non-hydrogen) atoms. The Hall–Kier alpha value is -3.36. The van der Waals surface area contributed by atoms with Crippen LogP contribution < -0.4 is 10.6 Å². The van der Waals surface area contributed by atoms with Gasteiger partial charge in [-0.3, -0.25) is 9.59 Å². The number of ether oxygens (including phenoxy) is 2. The third-order valence-electron chi connectivity index (χ3n) is 5.15. The largest absolute Gasteiger partial charge is 0.463 e. The molecule has 2 heterocycles. The normalized spacial score (nSPS) is 19.3. The van der Waals surface area contributed by atoms with Crippen molar-refractivity contribution in [2.45, 2.75) is 38.6 Å². The van der Waals surface area contributed by atoms with Gasteiger partial charge in [-0.2, -0.15) is 0 Å². The summed E-state index contributed by atoms with van der Waals surface area (Å²) in [5.41, 5.74) is 1.03. The van der Waals surface area contributed by atoms with Gasteiger partial charge in [-0.05, 0) is 25.3 Å². The number of amides is 3. The fourth-order valence-corrected chi connectivity index (χ4v) is 3.64. The zero-order chi connectivity index (χ0) is 22.2. The lowest BCUT2D eigenvalue weighted by atomic mass is 9.95. The molecule has 2 aliphatic rings. The molecular weight excluding hydrogens is 402 g/mol. The average Bonchev–Trinajstić information content (AvgIpc) is 2.96. The van der Waals surface area contributed by atoms with Crippen LogP contribution in [0.4, 0.5) is 4.79 Å². The molecule has 1 saturated heterocycles. The molecule has 2 aliphatic heterocycles. The van der Waals surface area contributed by atoms with Crippen LogP contribution in [-0.4, -0.2) is 55.1 Å². The predicted molar refractivity (Wildman–Crippen MR) is 111 cm³/mol. The smallest absolute Gasteiger partial charge is 0.338 e. The number of nitrogens with zero attached hydrogens (tertiary/aromatic N) is 1. The van der Waals surface area contributed by atoms with Gasteiger partial charge in [-0.15, -0.1) is 0 Å². The zero-order valence-corrected chi connectivity index (χ0v) is 17.5. The van der Waals surface area contributed by atoms with Crippen LogP contribution in [0.15, 0.2) is 41.6 Å². The van der Waals surface area contributed by atoms with E-state index in [9.17, 15) is 19.2 Å². The third-order valence-corrected chi connectivity index (χ3v) is 5.15. The maximum absolute atomic E-state index is 12.7. The van der Waals surface area contributed by atoms with E-state index < -0.39 is 24.0 Å². The first-order valence-corrected chi connectivity index (χ1v) is 10.5. The number of benzene rings is 1. The van der Waals surface area contributed by atoms with Crippen LogP contribution in [-0.2, 0) is 23.9 Å². The fourth-order valence-electron chi connectivity index (χ4n) is 3.64. The Kier molecular flexibility index (Phi) is 7.64. The van der Waals surface area contributed by atoms with E-state index >= 15 is 0 Å². The quantitative estimate of drug-likeness (QED) is 0.639. The maximum atomic E-state index is 12.7. The highest BCUT2D eigenvalue weighted by Gasteiger charge is 2.34. The van der Waals surface area contributed by atoms with Crippen molar-refractivity contribution >= 4 is 23.9 Å². The minimum absolute atomic E-state index is 0.0693. The Labute approximate surface area is 180 Å². The van der Waals surface area contributed by atoms with Crippen molar-refractivity contribution in [1.82, 2.24) is 15.5 Å². The number of likely N-dealkylation sites (tertiary alicyclic amines) is 1. The van der Waals surface area contributed by atoms with Crippen LogP contribution >= 0.6 is 0 Å². The highest BCUT2D eigenvalue weighted by molar-refractivity contribution is 5.95. The minimum Gasteiger partial charge on any atom is -0.463 e. The van der Waals surface area contributed by atoms with Gasteiger partial charge in [0.2, 0.25) is 5.91 Å². The monoisotopic (exact) mass is 429 g/mol. The van der Waals surface area contributed by atoms with Crippen molar-refractivity contribution in [2.75, 3.05) is 26.3 Å². The molecule has 1 unspecified atom stereocenters. The van der Waals surface area contributed by atoms with Gasteiger partial charge in [0.15, 0.2) is 0 Å². The first kappa shape index (κ1) is 22.3. The Bertz CT molecular complexity index is 867. The topological polar surface area (TPSA) is 114 Å². The molecule has 3 rings (SSSR count). The van der Waals surface area contributed by atoms with E-state index in [-0.39, 0.29) is 36.9 Å². The van der Waals surface area contributed by atoms with Crippen LogP contribution in [0.2, 0.25) is 0 Å². The van der Waals surface area contributed by atoms with Gasteiger partial charge in [-0.1, -0.05) is 36.8 Å². The van der Waals surface area contributed by atoms with Gasteiger partial charge < -0.3 is 25.0 Å². The van der Waals surface area contributed by atoms with Gasteiger partial charge in [-0.25, -0.2) is 9.59 Å². The second-order valence-corrected chi connectivity index (χ2v) is 7.34. The van der Waals surface area contributed by atoms with E-state index in [0.29, 0.717) is 18.5 Å². The van der Waals surface area contributed by atoms with E-state index in [2.05, 4.69) is 10.6 Å². The number of urea groups is 1. The maximum Gasteiger partial charge on any atom is 0.338 e. The Morgan fingerprint density at radius 2 is 1.87 bits per heavy atom. The second kappa shape index (κ2) is 10.6. The summed E-state index contributed by atoms with van der Waals surface area (Å²) in [5, 5.41) is 5.27. The van der Waals surface area contributed by atoms with E-state index in [1.54, 1.807) is 31.2 Å². The van der Waals surface area contributed by atoms with E-state index in [1.807, 2.05) is 6.07 Å². The summed E-state index contributed by atoms with van der Waals surface area (Å²) in [4.78, 5) is 50.8. The number of esters is 2. The van der Waals surface area contributed by atoms with Crippen LogP contribution in [0, 0.1) is 0 Å². The van der Waals surface area contributed by atoms with Crippen LogP contribution in [0.1, 0.15) is 44.2 Å². The van der Waals surface area contributed by atoms with Crippen molar-refractivity contribution in [1.29, 1.82) is 0 Å². The number of nitrogens with one attached hydrogen (secondary N) is 2. The van der Waals surface area contributed by atoms with Gasteiger partial charge in [0.05, 0.1) is 23.9 Å². The third kappa shape index (κ3) is 5.84. The molecule has 1 aromatic carbocycles. The number of hydrogen-bond acceptors (Lipinski definition) is 6. The summed E-state index contributed by atoms with van der Waals surface area (Å²) in [5.74, 6) is -1.28. The lowest BCUT2D eigenvalue weighted by Gasteiger charge is -2.29. The van der Waals surface area contributed by atoms with E-state index in [4.69, 9.17) is 9.47 Å². The predicted octanol–water partition coefficient (Wildman–Crippen LogP) is 1.80. The number of rotatable bonds is 7. The van der Waals surface area contributed by atoms with E-state index in [1.165, 1.54) is 4.90 Å². The van der Waals surface area contributed by atoms with Crippen LogP contribution in [0.25, 0.3) is 0 Å². The highest BCUT2D eigenvalue weighted by Crippen LogP contribution is 2.27. The van der Waals surface area contributed by atoms with Crippen molar-refractivity contribution in [3.8, 4) is 0 Å². The number of carbonyl (C=O) groups excluding carboxylic acids is 4. The standard InChI is InChI=1S/C22H27N3O6/c1-2-30-21(28)19-16(23-22(29)24-20(19)15-9-5-3-6-10-15)14-31-18(27)13-25-12-8-4-7-11-17(25)26/h3,5-6,9-10,20H,2,4,7-8,11-14H2,1H3,(H2,23,24,29). The number of carbonyl (C=O) groups is 4. The molecule has 0 bridgehead atoms. The summed E-state index contributed by atoms with van der Waals surface area (Å²) in [6.45, 7) is 1.88. The van der Waals surface area contributed by atoms with Crippen LogP contribution in [0.3, 0.4) is 0 Å². The molecule has 1 aromatic rings. The average molecular weight is 429 g/mol. The first-order chi connectivity index (χ1) is 15.0. The van der Waals surface area contributed by atoms with Crippen molar-refractivity contribution in [3.05, 3.63) is 47.2 Å². The Balaban J connectivity index is 1.77. The molecule has 9 nitrogen and oxygen atoms in total. The molecule has 2 N–H and O–H groups in total. The SMILES string of the molecule is CCOC(=O)C1=C(COC(=O)CN2CCCCCC2=O)NC(=O)NC1c1ccccc1. The zero-order valence-electron chi connectivity index (χ0n) is 17.5. The highest BCUT2D eigenvalue weighted by atomic mass is 16.5. The molecule has 3 amide bonds. The lowest BCUT2D eigenvalue weighted by molar-refractivity contribution is -0.148. The Morgan fingerprint density at radius 3 is 2.61 bits per heavy atom. The van der Waals surface area contributed by atoms with Crippen molar-refractivity contribution < 1.29 is 28.7 Å². The first-order valence-electron chi connectivity index (χ1n) is 10.5. The summed E-state index contributed by atoms with van der Waals surface area (Å²) in [6.07, 6.45) is 3.04. The summed E-state index contributed by atoms with van der Waals surface area (Å²) in [7, 11) is 0. The molecule has 1 fully saturated rings. The molecular formula is C22H27N3O6. The molecule has 0 aromatic heterocycles. The van der Waals surface area contributed by atoms with Gasteiger partial charge in [0.1, 0.15) is 13.2 Å². The van der Waals surface area contributed by atoms with Crippen molar-refractivity contribution in [3.63, 3.8) is 0 Å². The molecule has 0 saturated carbocycles. The molecule has 1 atom stereocenters. The van der Waals surface area contributed by atoms with Gasteiger partial charge >= 0.3 is 18.0 Å². The Morgan fingerprint density at radius 1 is 1.10 bits per heavy atom. The summed E-state index contributed by atoms with van der Waals surface area (Å²) >= 11 is 0. The fraction of sp³-hybridized carbons (Fsp3) is 0.455. The van der Waals surface area contributed by atoms with Crippen LogP contribution in [0.5, 0.6) is 0 Å². The number of hydrogen-bond donors (Lipinski definition) is 2. The van der Waals surface area contributed by atoms with Gasteiger partial charge in [0, 0.05) is 13.0 Å². The lowest BCUT2D eigenvalue weighted by Crippen LogP contribution is -2.47. The molecule has 0 spiro atoms. The van der Waals surface area contributed by atoms with E-state index in [0.717, 1.165) is 19.3 Å². The molecule has 0 radical (unpaired) electrons. The molecule has 166 valence electrons. The summed E-state index contributed by atoms with van der Waals surface area (Å²) < 4.78 is 10.5. The minimum atomic E-state index is -0.741. The van der Waals surface area contributed by atoms with Crippen molar-refractivity contribution in [2.24, 2.45) is 0 Å². The second-order valence-electron chi connectivity index (χ2n) is 7.34. The van der Waals surface area contributed by atoms with Gasteiger partial charge in [0.25, 0.3) is 0 Å². The molecule has 9 heteroatoms. The summed E-state index contributed by atoms with van der Waals surface area (Å²) in [6, 6.07) is 7.72.